The molecule has 1 aliphatic rings. The third-order valence-corrected chi connectivity index (χ3v) is 7.19. The number of hydrogen-bond donors (Lipinski definition) is 3. The van der Waals surface area contributed by atoms with Gasteiger partial charge in [-0.3, -0.25) is 4.79 Å². The van der Waals surface area contributed by atoms with Gasteiger partial charge in [0.05, 0.1) is 12.2 Å². The summed E-state index contributed by atoms with van der Waals surface area (Å²) in [6.07, 6.45) is 5.00. The molecule has 0 radical (unpaired) electrons. The van der Waals surface area contributed by atoms with Gasteiger partial charge in [0.2, 0.25) is 0 Å². The maximum atomic E-state index is 10.9. The monoisotopic (exact) mass is 458 g/mol. The quantitative estimate of drug-likeness (QED) is 0.301. The van der Waals surface area contributed by atoms with Crippen molar-refractivity contribution in [1.82, 2.24) is 0 Å². The van der Waals surface area contributed by atoms with Crippen LogP contribution in [0.15, 0.2) is 48.5 Å². The van der Waals surface area contributed by atoms with E-state index in [0.717, 1.165) is 54.4 Å². The number of halogens is 1. The second kappa shape index (κ2) is 11.8. The number of benzene rings is 2. The number of aryl methyl sites for hydroxylation is 1. The molecule has 4 nitrogen and oxygen atoms in total. The highest BCUT2D eigenvalue weighted by molar-refractivity contribution is 6.21. The molecule has 5 atom stereocenters. The van der Waals surface area contributed by atoms with Crippen molar-refractivity contribution in [3.05, 3.63) is 70.8 Å². The molecule has 1 saturated carbocycles. The number of aliphatic hydroxyl groups excluding tert-OH is 2. The zero-order valence-corrected chi connectivity index (χ0v) is 19.5. The van der Waals surface area contributed by atoms with Crippen molar-refractivity contribution in [1.29, 1.82) is 0 Å². The van der Waals surface area contributed by atoms with Gasteiger partial charge in [0.1, 0.15) is 0 Å². The molecule has 32 heavy (non-hydrogen) atoms. The number of hydrogen-bond acceptors (Lipinski definition) is 3. The van der Waals surface area contributed by atoms with Gasteiger partial charge in [0.15, 0.2) is 0 Å². The lowest BCUT2D eigenvalue weighted by Gasteiger charge is -2.25. The third kappa shape index (κ3) is 6.57. The SMILES string of the molecule is CCCCCC(O)c1ccc([C@@H]2[C@@H](Cc3cccc(CCC(=O)O)c3)[C@@H](Cl)C[C@H]2O)cc1. The van der Waals surface area contributed by atoms with Crippen molar-refractivity contribution in [2.75, 3.05) is 0 Å². The minimum atomic E-state index is -0.797. The molecule has 5 heteroatoms. The summed E-state index contributed by atoms with van der Waals surface area (Å²) in [6.45, 7) is 2.15. The lowest BCUT2D eigenvalue weighted by molar-refractivity contribution is -0.136. The molecule has 0 bridgehead atoms. The molecule has 0 spiro atoms. The van der Waals surface area contributed by atoms with Crippen LogP contribution in [0.4, 0.5) is 0 Å². The minimum absolute atomic E-state index is 0.0635. The lowest BCUT2D eigenvalue weighted by Crippen LogP contribution is -2.21. The summed E-state index contributed by atoms with van der Waals surface area (Å²) in [7, 11) is 0. The number of carbonyl (C=O) groups is 1. The fraction of sp³-hybridized carbons (Fsp3) is 0.519. The number of rotatable bonds is 11. The Morgan fingerprint density at radius 1 is 1.12 bits per heavy atom. The van der Waals surface area contributed by atoms with E-state index in [2.05, 4.69) is 13.0 Å². The highest BCUT2D eigenvalue weighted by Gasteiger charge is 2.42. The molecule has 0 heterocycles. The first-order chi connectivity index (χ1) is 15.4. The van der Waals surface area contributed by atoms with Gasteiger partial charge in [0, 0.05) is 17.7 Å². The van der Waals surface area contributed by atoms with Crippen LogP contribution in [0.1, 0.15) is 79.7 Å². The number of unbranched alkanes of at least 4 members (excludes halogenated alkanes) is 2. The Balaban J connectivity index is 1.72. The van der Waals surface area contributed by atoms with Gasteiger partial charge in [-0.05, 0) is 53.9 Å². The van der Waals surface area contributed by atoms with E-state index in [9.17, 15) is 15.0 Å². The maximum absolute atomic E-state index is 10.9. The predicted molar refractivity (Wildman–Crippen MR) is 128 cm³/mol. The van der Waals surface area contributed by atoms with Crippen LogP contribution in [0.3, 0.4) is 0 Å². The van der Waals surface area contributed by atoms with Gasteiger partial charge in [-0.15, -0.1) is 11.6 Å². The van der Waals surface area contributed by atoms with Crippen molar-refractivity contribution >= 4 is 17.6 Å². The first-order valence-electron chi connectivity index (χ1n) is 11.8. The minimum Gasteiger partial charge on any atom is -0.481 e. The highest BCUT2D eigenvalue weighted by atomic mass is 35.5. The van der Waals surface area contributed by atoms with Crippen molar-refractivity contribution in [3.8, 4) is 0 Å². The van der Waals surface area contributed by atoms with E-state index in [1.165, 1.54) is 0 Å². The van der Waals surface area contributed by atoms with E-state index in [1.807, 2.05) is 42.5 Å². The molecule has 2 aromatic rings. The van der Waals surface area contributed by atoms with E-state index < -0.39 is 18.2 Å². The first kappa shape index (κ1) is 24.8. The highest BCUT2D eigenvalue weighted by Crippen LogP contribution is 2.44. The summed E-state index contributed by atoms with van der Waals surface area (Å²) in [4.78, 5) is 10.9. The summed E-state index contributed by atoms with van der Waals surface area (Å²) < 4.78 is 0. The van der Waals surface area contributed by atoms with Gasteiger partial charge in [-0.1, -0.05) is 74.7 Å². The molecule has 0 aliphatic heterocycles. The summed E-state index contributed by atoms with van der Waals surface area (Å²) in [5.41, 5.74) is 4.10. The Hall–Kier alpha value is -1.88. The van der Waals surface area contributed by atoms with Gasteiger partial charge in [-0.2, -0.15) is 0 Å². The smallest absolute Gasteiger partial charge is 0.303 e. The Bertz CT molecular complexity index is 866. The van der Waals surface area contributed by atoms with Crippen LogP contribution >= 0.6 is 11.6 Å². The Morgan fingerprint density at radius 3 is 2.53 bits per heavy atom. The zero-order valence-electron chi connectivity index (χ0n) is 18.8. The van der Waals surface area contributed by atoms with E-state index >= 15 is 0 Å². The average molecular weight is 459 g/mol. The zero-order chi connectivity index (χ0) is 23.1. The van der Waals surface area contributed by atoms with Crippen LogP contribution in [-0.2, 0) is 17.6 Å². The Kier molecular flexibility index (Phi) is 9.15. The largest absolute Gasteiger partial charge is 0.481 e. The summed E-state index contributed by atoms with van der Waals surface area (Å²) >= 11 is 6.69. The first-order valence-corrected chi connectivity index (χ1v) is 12.2. The van der Waals surface area contributed by atoms with Gasteiger partial charge < -0.3 is 15.3 Å². The van der Waals surface area contributed by atoms with Crippen molar-refractivity contribution in [2.45, 2.75) is 81.8 Å². The molecular weight excluding hydrogens is 424 g/mol. The van der Waals surface area contributed by atoms with Gasteiger partial charge in [0.25, 0.3) is 0 Å². The lowest BCUT2D eigenvalue weighted by atomic mass is 9.83. The van der Waals surface area contributed by atoms with Gasteiger partial charge >= 0.3 is 5.97 Å². The second-order valence-corrected chi connectivity index (χ2v) is 9.67. The molecule has 0 aromatic heterocycles. The van der Waals surface area contributed by atoms with Crippen molar-refractivity contribution < 1.29 is 20.1 Å². The van der Waals surface area contributed by atoms with E-state index in [1.54, 1.807) is 0 Å². The second-order valence-electron chi connectivity index (χ2n) is 9.10. The van der Waals surface area contributed by atoms with Gasteiger partial charge in [-0.25, -0.2) is 0 Å². The number of carboxylic acids is 1. The molecule has 0 amide bonds. The molecule has 174 valence electrons. The molecule has 3 N–H and O–H groups in total. The van der Waals surface area contributed by atoms with E-state index in [-0.39, 0.29) is 23.6 Å². The molecule has 3 rings (SSSR count). The van der Waals surface area contributed by atoms with Crippen molar-refractivity contribution in [3.63, 3.8) is 0 Å². The molecular formula is C27H35ClO4. The van der Waals surface area contributed by atoms with Crippen LogP contribution in [0.2, 0.25) is 0 Å². The number of aliphatic carboxylic acids is 1. The van der Waals surface area contributed by atoms with Crippen molar-refractivity contribution in [2.24, 2.45) is 5.92 Å². The molecule has 1 unspecified atom stereocenters. The third-order valence-electron chi connectivity index (χ3n) is 6.68. The summed E-state index contributed by atoms with van der Waals surface area (Å²) in [5, 5.41) is 30.0. The van der Waals surface area contributed by atoms with Crippen LogP contribution < -0.4 is 0 Å². The molecule has 2 aromatic carbocycles. The molecule has 0 saturated heterocycles. The van der Waals surface area contributed by atoms with Crippen LogP contribution in [0.25, 0.3) is 0 Å². The Labute approximate surface area is 196 Å². The fourth-order valence-corrected chi connectivity index (χ4v) is 5.35. The number of alkyl halides is 1. The molecule has 1 aliphatic carbocycles. The Morgan fingerprint density at radius 2 is 1.84 bits per heavy atom. The number of aliphatic hydroxyl groups is 2. The number of carboxylic acid groups (broad SMARTS) is 1. The van der Waals surface area contributed by atoms with Crippen LogP contribution in [0, 0.1) is 5.92 Å². The van der Waals surface area contributed by atoms with E-state index in [0.29, 0.717) is 12.8 Å². The average Bonchev–Trinajstić information content (AvgIpc) is 3.05. The fourth-order valence-electron chi connectivity index (χ4n) is 4.92. The van der Waals surface area contributed by atoms with Crippen LogP contribution in [-0.4, -0.2) is 32.8 Å². The summed E-state index contributed by atoms with van der Waals surface area (Å²) in [5.74, 6) is -0.776. The predicted octanol–water partition coefficient (Wildman–Crippen LogP) is 5.63. The summed E-state index contributed by atoms with van der Waals surface area (Å²) in [6, 6.07) is 16.0. The normalized spacial score (nSPS) is 23.9. The van der Waals surface area contributed by atoms with E-state index in [4.69, 9.17) is 16.7 Å². The maximum Gasteiger partial charge on any atom is 0.303 e. The van der Waals surface area contributed by atoms with Crippen LogP contribution in [0.5, 0.6) is 0 Å². The topological polar surface area (TPSA) is 77.8 Å². The standard InChI is InChI=1S/C27H35ClO4/c1-2-3-4-8-24(29)20-10-12-21(13-11-20)27-22(23(28)17-25(27)30)16-19-7-5-6-18(15-19)9-14-26(31)32/h5-7,10-13,15,22-25,27,29-30H,2-4,8-9,14,16-17H2,1H3,(H,31,32)/t22-,23-,24?,25+,27+/m0/s1. The molecule has 1 fully saturated rings.